The van der Waals surface area contributed by atoms with Crippen molar-refractivity contribution < 1.29 is 0 Å². The Bertz CT molecular complexity index is 237. The molecule has 2 atom stereocenters. The van der Waals surface area contributed by atoms with Crippen LogP contribution in [0.15, 0.2) is 0 Å². The van der Waals surface area contributed by atoms with Crippen LogP contribution in [0.5, 0.6) is 0 Å². The summed E-state index contributed by atoms with van der Waals surface area (Å²) in [4.78, 5) is 2.70. The van der Waals surface area contributed by atoms with E-state index in [1.165, 1.54) is 51.5 Å². The molecule has 0 radical (unpaired) electrons. The standard InChI is InChI=1S/C17H36N2/c1-5-8-15-9-7-10-16(12-11-15)19(6-2)14-17(3,4)13-18/h15-16H,5-14,18H2,1-4H3. The monoisotopic (exact) mass is 268 g/mol. The Morgan fingerprint density at radius 2 is 1.84 bits per heavy atom. The minimum atomic E-state index is 0.255. The molecule has 1 aliphatic rings. The third kappa shape index (κ3) is 5.83. The van der Waals surface area contributed by atoms with E-state index in [9.17, 15) is 0 Å². The van der Waals surface area contributed by atoms with E-state index in [0.717, 1.165) is 25.0 Å². The maximum Gasteiger partial charge on any atom is 0.00954 e. The molecular weight excluding hydrogens is 232 g/mol. The Hall–Kier alpha value is -0.0800. The molecule has 0 heterocycles. The molecule has 0 spiro atoms. The number of hydrogen-bond acceptors (Lipinski definition) is 2. The first-order valence-electron chi connectivity index (χ1n) is 8.46. The van der Waals surface area contributed by atoms with Crippen molar-refractivity contribution in [3.05, 3.63) is 0 Å². The molecular formula is C17H36N2. The first-order chi connectivity index (χ1) is 9.02. The molecule has 0 amide bonds. The number of nitrogens with zero attached hydrogens (tertiary/aromatic N) is 1. The van der Waals surface area contributed by atoms with E-state index in [-0.39, 0.29) is 5.41 Å². The zero-order valence-electron chi connectivity index (χ0n) is 13.8. The van der Waals surface area contributed by atoms with Crippen molar-refractivity contribution in [1.82, 2.24) is 4.90 Å². The highest BCUT2D eigenvalue weighted by atomic mass is 15.2. The van der Waals surface area contributed by atoms with Crippen LogP contribution in [0.4, 0.5) is 0 Å². The van der Waals surface area contributed by atoms with Crippen molar-refractivity contribution in [3.63, 3.8) is 0 Å². The van der Waals surface area contributed by atoms with Crippen LogP contribution in [0, 0.1) is 11.3 Å². The molecule has 0 aromatic rings. The highest BCUT2D eigenvalue weighted by Gasteiger charge is 2.26. The van der Waals surface area contributed by atoms with Gasteiger partial charge in [0.15, 0.2) is 0 Å². The molecule has 19 heavy (non-hydrogen) atoms. The fourth-order valence-electron chi connectivity index (χ4n) is 3.53. The summed E-state index contributed by atoms with van der Waals surface area (Å²) < 4.78 is 0. The van der Waals surface area contributed by atoms with Crippen molar-refractivity contribution in [1.29, 1.82) is 0 Å². The molecule has 2 N–H and O–H groups in total. The van der Waals surface area contributed by atoms with Gasteiger partial charge in [-0.25, -0.2) is 0 Å². The summed E-state index contributed by atoms with van der Waals surface area (Å²) >= 11 is 0. The van der Waals surface area contributed by atoms with Crippen LogP contribution in [0.3, 0.4) is 0 Å². The van der Waals surface area contributed by atoms with Gasteiger partial charge in [0.2, 0.25) is 0 Å². The lowest BCUT2D eigenvalue weighted by Crippen LogP contribution is -2.44. The molecule has 0 bridgehead atoms. The summed E-state index contributed by atoms with van der Waals surface area (Å²) in [6, 6.07) is 0.803. The lowest BCUT2D eigenvalue weighted by atomic mass is 9.91. The Morgan fingerprint density at radius 3 is 2.42 bits per heavy atom. The molecule has 2 nitrogen and oxygen atoms in total. The second-order valence-corrected chi connectivity index (χ2v) is 7.25. The zero-order chi connectivity index (χ0) is 14.3. The van der Waals surface area contributed by atoms with Crippen LogP contribution >= 0.6 is 0 Å². The lowest BCUT2D eigenvalue weighted by Gasteiger charge is -2.36. The van der Waals surface area contributed by atoms with Gasteiger partial charge in [-0.1, -0.05) is 53.4 Å². The van der Waals surface area contributed by atoms with Crippen LogP contribution in [0.1, 0.15) is 72.6 Å². The Kier molecular flexibility index (Phi) is 7.38. The SMILES string of the molecule is CCCC1CCCC(N(CC)CC(C)(C)CN)CC1. The fourth-order valence-corrected chi connectivity index (χ4v) is 3.53. The third-order valence-electron chi connectivity index (χ3n) is 4.86. The van der Waals surface area contributed by atoms with E-state index in [0.29, 0.717) is 0 Å². The van der Waals surface area contributed by atoms with E-state index >= 15 is 0 Å². The van der Waals surface area contributed by atoms with Gasteiger partial charge in [0, 0.05) is 12.6 Å². The van der Waals surface area contributed by atoms with Gasteiger partial charge in [-0.2, -0.15) is 0 Å². The van der Waals surface area contributed by atoms with E-state index < -0.39 is 0 Å². The quantitative estimate of drug-likeness (QED) is 0.706. The number of hydrogen-bond donors (Lipinski definition) is 1. The molecule has 1 fully saturated rings. The van der Waals surface area contributed by atoms with Gasteiger partial charge in [0.25, 0.3) is 0 Å². The second kappa shape index (κ2) is 8.26. The van der Waals surface area contributed by atoms with Gasteiger partial charge in [-0.3, -0.25) is 0 Å². The number of nitrogens with two attached hydrogens (primary N) is 1. The van der Waals surface area contributed by atoms with E-state index in [1.54, 1.807) is 0 Å². The topological polar surface area (TPSA) is 29.3 Å². The summed E-state index contributed by atoms with van der Waals surface area (Å²) in [6.07, 6.45) is 9.92. The summed E-state index contributed by atoms with van der Waals surface area (Å²) in [5.74, 6) is 0.997. The van der Waals surface area contributed by atoms with Crippen molar-refractivity contribution >= 4 is 0 Å². The lowest BCUT2D eigenvalue weighted by molar-refractivity contribution is 0.127. The van der Waals surface area contributed by atoms with Crippen molar-refractivity contribution in [2.45, 2.75) is 78.7 Å². The number of rotatable bonds is 7. The molecule has 2 unspecified atom stereocenters. The molecule has 0 aliphatic heterocycles. The summed E-state index contributed by atoms with van der Waals surface area (Å²) in [7, 11) is 0. The summed E-state index contributed by atoms with van der Waals surface area (Å²) in [5.41, 5.74) is 6.16. The van der Waals surface area contributed by atoms with Crippen LogP contribution in [0.25, 0.3) is 0 Å². The smallest absolute Gasteiger partial charge is 0.00954 e. The maximum atomic E-state index is 5.90. The van der Waals surface area contributed by atoms with E-state index in [4.69, 9.17) is 5.73 Å². The summed E-state index contributed by atoms with van der Waals surface area (Å²) in [6.45, 7) is 12.3. The first kappa shape index (κ1) is 17.0. The predicted octanol–water partition coefficient (Wildman–Crippen LogP) is 4.04. The minimum absolute atomic E-state index is 0.255. The molecule has 0 aromatic carbocycles. The highest BCUT2D eigenvalue weighted by molar-refractivity contribution is 4.82. The van der Waals surface area contributed by atoms with Crippen molar-refractivity contribution in [3.8, 4) is 0 Å². The summed E-state index contributed by atoms with van der Waals surface area (Å²) in [5, 5.41) is 0. The van der Waals surface area contributed by atoms with E-state index in [1.807, 2.05) is 0 Å². The van der Waals surface area contributed by atoms with Gasteiger partial charge < -0.3 is 10.6 Å². The van der Waals surface area contributed by atoms with Gasteiger partial charge in [-0.05, 0) is 43.7 Å². The van der Waals surface area contributed by atoms with Crippen LogP contribution in [-0.4, -0.2) is 30.6 Å². The maximum absolute atomic E-state index is 5.90. The average Bonchev–Trinajstić information content (AvgIpc) is 2.62. The Morgan fingerprint density at radius 1 is 1.11 bits per heavy atom. The molecule has 1 rings (SSSR count). The fraction of sp³-hybridized carbons (Fsp3) is 1.00. The van der Waals surface area contributed by atoms with Crippen molar-refractivity contribution in [2.75, 3.05) is 19.6 Å². The molecule has 0 saturated heterocycles. The second-order valence-electron chi connectivity index (χ2n) is 7.25. The molecule has 2 heteroatoms. The highest BCUT2D eigenvalue weighted by Crippen LogP contribution is 2.30. The van der Waals surface area contributed by atoms with Gasteiger partial charge >= 0.3 is 0 Å². The van der Waals surface area contributed by atoms with Gasteiger partial charge in [0.1, 0.15) is 0 Å². The van der Waals surface area contributed by atoms with Crippen LogP contribution in [-0.2, 0) is 0 Å². The molecule has 1 saturated carbocycles. The molecule has 0 aromatic heterocycles. The first-order valence-corrected chi connectivity index (χ1v) is 8.46. The predicted molar refractivity (Wildman–Crippen MR) is 85.4 cm³/mol. The normalized spacial score (nSPS) is 25.6. The Balaban J connectivity index is 2.52. The Labute approximate surface area is 121 Å². The van der Waals surface area contributed by atoms with E-state index in [2.05, 4.69) is 32.6 Å². The third-order valence-corrected chi connectivity index (χ3v) is 4.86. The van der Waals surface area contributed by atoms with Crippen LogP contribution in [0.2, 0.25) is 0 Å². The largest absolute Gasteiger partial charge is 0.330 e. The van der Waals surface area contributed by atoms with Crippen molar-refractivity contribution in [2.24, 2.45) is 17.1 Å². The van der Waals surface area contributed by atoms with Crippen LogP contribution < -0.4 is 5.73 Å². The average molecular weight is 268 g/mol. The van der Waals surface area contributed by atoms with Gasteiger partial charge in [0.05, 0.1) is 0 Å². The van der Waals surface area contributed by atoms with Gasteiger partial charge in [-0.15, -0.1) is 0 Å². The zero-order valence-corrected chi connectivity index (χ0v) is 13.8. The molecule has 1 aliphatic carbocycles. The molecule has 114 valence electrons. The minimum Gasteiger partial charge on any atom is -0.330 e.